The van der Waals surface area contributed by atoms with Crippen molar-refractivity contribution in [2.24, 2.45) is 0 Å². The topological polar surface area (TPSA) is 4.93 Å². The van der Waals surface area contributed by atoms with Crippen molar-refractivity contribution in [3.8, 4) is 0 Å². The van der Waals surface area contributed by atoms with Gasteiger partial charge in [-0.1, -0.05) is 85.0 Å². The molecule has 0 bridgehead atoms. The highest BCUT2D eigenvalue weighted by atomic mass is 15.0. The molecule has 0 aliphatic heterocycles. The highest BCUT2D eigenvalue weighted by molar-refractivity contribution is 6.28. The molecular weight excluding hydrogens is 398 g/mol. The number of hydrogen-bond donors (Lipinski definition) is 0. The molecule has 6 rings (SSSR count). The Hall–Kier alpha value is -4.10. The second-order valence-electron chi connectivity index (χ2n) is 8.91. The predicted molar refractivity (Wildman–Crippen MR) is 146 cm³/mol. The van der Waals surface area contributed by atoms with Crippen molar-refractivity contribution < 1.29 is 0 Å². The van der Waals surface area contributed by atoms with E-state index in [0.717, 1.165) is 5.70 Å². The van der Waals surface area contributed by atoms with Crippen LogP contribution in [0.4, 0.5) is 0 Å². The zero-order valence-corrected chi connectivity index (χ0v) is 19.0. The number of benzene rings is 5. The first-order valence-electron chi connectivity index (χ1n) is 11.4. The lowest BCUT2D eigenvalue weighted by molar-refractivity contribution is 1.22. The summed E-state index contributed by atoms with van der Waals surface area (Å²) in [6.45, 7) is 8.26. The van der Waals surface area contributed by atoms with Crippen molar-refractivity contribution in [2.75, 3.05) is 0 Å². The lowest BCUT2D eigenvalue weighted by Gasteiger charge is -2.13. The fourth-order valence-electron chi connectivity index (χ4n) is 5.25. The molecule has 1 nitrogen and oxygen atoms in total. The van der Waals surface area contributed by atoms with E-state index in [1.165, 1.54) is 59.7 Å². The number of para-hydroxylation sites is 1. The molecule has 0 aliphatic rings. The van der Waals surface area contributed by atoms with E-state index in [1.807, 2.05) is 6.08 Å². The van der Waals surface area contributed by atoms with E-state index in [4.69, 9.17) is 0 Å². The third kappa shape index (κ3) is 2.93. The first-order valence-corrected chi connectivity index (χ1v) is 11.4. The Labute approximate surface area is 193 Å². The molecule has 0 unspecified atom stereocenters. The Morgan fingerprint density at radius 1 is 0.606 bits per heavy atom. The molecule has 1 heterocycles. The van der Waals surface area contributed by atoms with Gasteiger partial charge < -0.3 is 4.57 Å². The summed E-state index contributed by atoms with van der Waals surface area (Å²) in [6, 6.07) is 31.0. The van der Waals surface area contributed by atoms with Crippen LogP contribution in [0, 0.1) is 0 Å². The Balaban J connectivity index is 1.89. The molecule has 6 aromatic rings. The normalized spacial score (nSPS) is 12.2. The van der Waals surface area contributed by atoms with Gasteiger partial charge in [-0.3, -0.25) is 0 Å². The van der Waals surface area contributed by atoms with Crippen molar-refractivity contribution in [3.63, 3.8) is 0 Å². The highest BCUT2D eigenvalue weighted by Crippen LogP contribution is 2.40. The second kappa shape index (κ2) is 7.50. The van der Waals surface area contributed by atoms with E-state index in [0.29, 0.717) is 0 Å². The molecule has 158 valence electrons. The molecule has 0 radical (unpaired) electrons. The summed E-state index contributed by atoms with van der Waals surface area (Å²) in [5.74, 6) is 0. The fourth-order valence-corrected chi connectivity index (χ4v) is 5.25. The smallest absolute Gasteiger partial charge is 0.0547 e. The molecule has 0 spiro atoms. The van der Waals surface area contributed by atoms with E-state index in [2.05, 4.69) is 122 Å². The summed E-state index contributed by atoms with van der Waals surface area (Å²) in [4.78, 5) is 0. The van der Waals surface area contributed by atoms with E-state index in [-0.39, 0.29) is 0 Å². The van der Waals surface area contributed by atoms with Crippen LogP contribution in [0.3, 0.4) is 0 Å². The summed E-state index contributed by atoms with van der Waals surface area (Å²) in [6.07, 6.45) is 6.21. The highest BCUT2D eigenvalue weighted by Gasteiger charge is 2.16. The largest absolute Gasteiger partial charge is 0.309 e. The average molecular weight is 424 g/mol. The Bertz CT molecular complexity index is 1790. The predicted octanol–water partition coefficient (Wildman–Crippen LogP) is 9.25. The summed E-state index contributed by atoms with van der Waals surface area (Å²) in [5.41, 5.74) is 4.81. The number of nitrogens with zero attached hydrogens (tertiary/aromatic N) is 1. The van der Waals surface area contributed by atoms with E-state index in [9.17, 15) is 0 Å². The van der Waals surface area contributed by atoms with Gasteiger partial charge in [0, 0.05) is 16.5 Å². The Morgan fingerprint density at radius 3 is 1.70 bits per heavy atom. The van der Waals surface area contributed by atoms with Gasteiger partial charge >= 0.3 is 0 Å². The maximum atomic E-state index is 3.98. The van der Waals surface area contributed by atoms with Crippen LogP contribution in [0.5, 0.6) is 0 Å². The van der Waals surface area contributed by atoms with E-state index in [1.54, 1.807) is 0 Å². The summed E-state index contributed by atoms with van der Waals surface area (Å²) < 4.78 is 2.38. The minimum atomic E-state index is 1.13. The van der Waals surface area contributed by atoms with Gasteiger partial charge in [-0.2, -0.15) is 0 Å². The SMILES string of the molecule is C=C/C=C(\C=C(C)C)n1c2ccccc2c2cc3c4ccccc4c4ccccc4c3cc21. The lowest BCUT2D eigenvalue weighted by atomic mass is 9.93. The summed E-state index contributed by atoms with van der Waals surface area (Å²) in [5, 5.41) is 10.3. The molecule has 0 saturated heterocycles. The van der Waals surface area contributed by atoms with Gasteiger partial charge in [0.25, 0.3) is 0 Å². The minimum absolute atomic E-state index is 1.13. The lowest BCUT2D eigenvalue weighted by Crippen LogP contribution is -1.95. The zero-order chi connectivity index (χ0) is 22.5. The maximum Gasteiger partial charge on any atom is 0.0547 e. The molecule has 0 aliphatic carbocycles. The average Bonchev–Trinajstić information content (AvgIpc) is 3.16. The van der Waals surface area contributed by atoms with Crippen LogP contribution in [0.1, 0.15) is 13.8 Å². The maximum absolute atomic E-state index is 3.98. The minimum Gasteiger partial charge on any atom is -0.309 e. The van der Waals surface area contributed by atoms with Crippen LogP contribution in [0.15, 0.2) is 115 Å². The van der Waals surface area contributed by atoms with Crippen LogP contribution in [-0.2, 0) is 0 Å². The van der Waals surface area contributed by atoms with Crippen LogP contribution >= 0.6 is 0 Å². The third-order valence-corrected chi connectivity index (χ3v) is 6.52. The number of rotatable bonds is 3. The van der Waals surface area contributed by atoms with Crippen LogP contribution in [-0.4, -0.2) is 4.57 Å². The van der Waals surface area contributed by atoms with Gasteiger partial charge in [0.1, 0.15) is 0 Å². The van der Waals surface area contributed by atoms with Gasteiger partial charge in [-0.25, -0.2) is 0 Å². The number of fused-ring (bicyclic) bond motifs is 9. The molecule has 1 heteroatoms. The van der Waals surface area contributed by atoms with Crippen molar-refractivity contribution in [1.82, 2.24) is 4.57 Å². The van der Waals surface area contributed by atoms with Gasteiger partial charge in [-0.15, -0.1) is 0 Å². The fraction of sp³-hybridized carbons (Fsp3) is 0.0625. The number of allylic oxidation sites excluding steroid dienone is 5. The molecule has 0 amide bonds. The van der Waals surface area contributed by atoms with Gasteiger partial charge in [-0.05, 0) is 76.5 Å². The van der Waals surface area contributed by atoms with Crippen molar-refractivity contribution in [2.45, 2.75) is 13.8 Å². The molecule has 0 atom stereocenters. The Morgan fingerprint density at radius 2 is 1.12 bits per heavy atom. The van der Waals surface area contributed by atoms with Crippen LogP contribution < -0.4 is 0 Å². The van der Waals surface area contributed by atoms with Crippen molar-refractivity contribution in [3.05, 3.63) is 115 Å². The molecule has 0 fully saturated rings. The van der Waals surface area contributed by atoms with Crippen molar-refractivity contribution >= 4 is 59.8 Å². The first kappa shape index (κ1) is 19.6. The van der Waals surface area contributed by atoms with E-state index >= 15 is 0 Å². The first-order chi connectivity index (χ1) is 16.2. The molecule has 33 heavy (non-hydrogen) atoms. The monoisotopic (exact) mass is 423 g/mol. The number of aromatic nitrogens is 1. The van der Waals surface area contributed by atoms with Gasteiger partial charge in [0.05, 0.1) is 11.0 Å². The van der Waals surface area contributed by atoms with Gasteiger partial charge in [0.2, 0.25) is 0 Å². The molecule has 1 aromatic heterocycles. The van der Waals surface area contributed by atoms with Crippen LogP contribution in [0.25, 0.3) is 59.8 Å². The molecule has 0 saturated carbocycles. The second-order valence-corrected chi connectivity index (χ2v) is 8.91. The Kier molecular flexibility index (Phi) is 4.45. The standard InChI is InChI=1S/C32H25N/c1-4-11-22(18-21(2)3)33-31-17-10-9-16-27(31)30-19-28-25-14-7-5-12-23(25)24-13-6-8-15-26(24)29(28)20-32(30)33/h4-20H,1H2,2-3H3/b22-11+. The number of hydrogen-bond acceptors (Lipinski definition) is 0. The van der Waals surface area contributed by atoms with E-state index < -0.39 is 0 Å². The quantitative estimate of drug-likeness (QED) is 0.197. The third-order valence-electron chi connectivity index (χ3n) is 6.52. The van der Waals surface area contributed by atoms with Crippen LogP contribution in [0.2, 0.25) is 0 Å². The van der Waals surface area contributed by atoms with Crippen molar-refractivity contribution in [1.29, 1.82) is 0 Å². The molecular formula is C32H25N. The molecule has 5 aromatic carbocycles. The summed E-state index contributed by atoms with van der Waals surface area (Å²) >= 11 is 0. The summed E-state index contributed by atoms with van der Waals surface area (Å²) in [7, 11) is 0. The zero-order valence-electron chi connectivity index (χ0n) is 19.0. The van der Waals surface area contributed by atoms with Gasteiger partial charge in [0.15, 0.2) is 0 Å². The molecule has 0 N–H and O–H groups in total.